The number of amides is 1. The molecule has 1 aromatic rings. The van der Waals surface area contributed by atoms with E-state index < -0.39 is 5.60 Å². The van der Waals surface area contributed by atoms with E-state index in [-0.39, 0.29) is 12.1 Å². The van der Waals surface area contributed by atoms with Gasteiger partial charge in [-0.15, -0.1) is 0 Å². The molecule has 0 radical (unpaired) electrons. The third-order valence-electron chi connectivity index (χ3n) is 3.09. The summed E-state index contributed by atoms with van der Waals surface area (Å²) in [5.41, 5.74) is 1.87. The molecule has 5 heteroatoms. The van der Waals surface area contributed by atoms with Crippen LogP contribution < -0.4 is 5.32 Å². The number of benzene rings is 1. The van der Waals surface area contributed by atoms with E-state index in [4.69, 9.17) is 4.74 Å². The third-order valence-corrected chi connectivity index (χ3v) is 3.59. The lowest BCUT2D eigenvalue weighted by Gasteiger charge is -2.40. The predicted molar refractivity (Wildman–Crippen MR) is 84.1 cm³/mol. The van der Waals surface area contributed by atoms with Crippen molar-refractivity contribution in [2.24, 2.45) is 0 Å². The second-order valence-electron chi connectivity index (χ2n) is 6.19. The summed E-state index contributed by atoms with van der Waals surface area (Å²) in [6, 6.07) is 6.44. The van der Waals surface area contributed by atoms with Gasteiger partial charge in [0.1, 0.15) is 5.60 Å². The molecule has 1 fully saturated rings. The first kappa shape index (κ1) is 15.2. The first-order valence-corrected chi connectivity index (χ1v) is 7.54. The number of carbonyl (C=O) groups excluding carboxylic acids is 1. The Morgan fingerprint density at radius 3 is 2.65 bits per heavy atom. The number of nitrogens with one attached hydrogen (secondary N) is 1. The van der Waals surface area contributed by atoms with Crippen LogP contribution in [0.5, 0.6) is 0 Å². The molecule has 0 atom stereocenters. The second kappa shape index (κ2) is 5.64. The first-order valence-electron chi connectivity index (χ1n) is 6.75. The molecule has 20 heavy (non-hydrogen) atoms. The highest BCUT2D eigenvalue weighted by Crippen LogP contribution is 2.24. The van der Waals surface area contributed by atoms with Crippen molar-refractivity contribution in [1.29, 1.82) is 0 Å². The topological polar surface area (TPSA) is 41.6 Å². The van der Waals surface area contributed by atoms with Crippen molar-refractivity contribution in [2.75, 3.05) is 18.4 Å². The number of likely N-dealkylation sites (tertiary alicyclic amines) is 1. The molecule has 0 bridgehead atoms. The van der Waals surface area contributed by atoms with Crippen LogP contribution in [0, 0.1) is 6.92 Å². The number of nitrogens with zero attached hydrogens (tertiary/aromatic N) is 1. The van der Waals surface area contributed by atoms with Crippen LogP contribution in [0.4, 0.5) is 10.5 Å². The van der Waals surface area contributed by atoms with Crippen molar-refractivity contribution < 1.29 is 9.53 Å². The zero-order valence-corrected chi connectivity index (χ0v) is 14.0. The SMILES string of the molecule is Cc1ccc(Br)cc1NC1CN(C(=O)OC(C)(C)C)C1. The molecule has 1 heterocycles. The van der Waals surface area contributed by atoms with E-state index in [2.05, 4.69) is 40.3 Å². The summed E-state index contributed by atoms with van der Waals surface area (Å²) in [5.74, 6) is 0. The number of ether oxygens (including phenoxy) is 1. The average Bonchev–Trinajstić information content (AvgIpc) is 2.24. The maximum atomic E-state index is 11.8. The van der Waals surface area contributed by atoms with Crippen LogP contribution in [0.2, 0.25) is 0 Å². The van der Waals surface area contributed by atoms with Crippen LogP contribution in [0.1, 0.15) is 26.3 Å². The molecule has 4 nitrogen and oxygen atoms in total. The molecule has 0 spiro atoms. The maximum absolute atomic E-state index is 11.8. The van der Waals surface area contributed by atoms with Crippen LogP contribution >= 0.6 is 15.9 Å². The van der Waals surface area contributed by atoms with Crippen molar-refractivity contribution >= 4 is 27.7 Å². The number of aryl methyl sites for hydroxylation is 1. The maximum Gasteiger partial charge on any atom is 0.410 e. The summed E-state index contributed by atoms with van der Waals surface area (Å²) in [4.78, 5) is 13.5. The average molecular weight is 341 g/mol. The Balaban J connectivity index is 1.85. The van der Waals surface area contributed by atoms with Gasteiger partial charge in [0.2, 0.25) is 0 Å². The van der Waals surface area contributed by atoms with Crippen LogP contribution in [-0.2, 0) is 4.74 Å². The van der Waals surface area contributed by atoms with Crippen molar-refractivity contribution in [3.63, 3.8) is 0 Å². The highest BCUT2D eigenvalue weighted by molar-refractivity contribution is 9.10. The quantitative estimate of drug-likeness (QED) is 0.890. The van der Waals surface area contributed by atoms with Crippen molar-refractivity contribution in [3.8, 4) is 0 Å². The fourth-order valence-electron chi connectivity index (χ4n) is 2.02. The van der Waals surface area contributed by atoms with Gasteiger partial charge in [0.25, 0.3) is 0 Å². The summed E-state index contributed by atoms with van der Waals surface area (Å²) in [6.07, 6.45) is -0.235. The van der Waals surface area contributed by atoms with E-state index in [0.29, 0.717) is 13.1 Å². The van der Waals surface area contributed by atoms with Crippen molar-refractivity contribution in [3.05, 3.63) is 28.2 Å². The Bertz CT molecular complexity index is 505. The zero-order valence-electron chi connectivity index (χ0n) is 12.4. The van der Waals surface area contributed by atoms with Gasteiger partial charge < -0.3 is 15.0 Å². The van der Waals surface area contributed by atoms with Gasteiger partial charge in [-0.1, -0.05) is 22.0 Å². The van der Waals surface area contributed by atoms with Gasteiger partial charge >= 0.3 is 6.09 Å². The molecule has 2 rings (SSSR count). The van der Waals surface area contributed by atoms with Gasteiger partial charge in [-0.05, 0) is 45.4 Å². The second-order valence-corrected chi connectivity index (χ2v) is 7.10. The van der Waals surface area contributed by atoms with Crippen LogP contribution in [0.3, 0.4) is 0 Å². The van der Waals surface area contributed by atoms with E-state index >= 15 is 0 Å². The largest absolute Gasteiger partial charge is 0.444 e. The number of hydrogen-bond donors (Lipinski definition) is 1. The minimum absolute atomic E-state index is 0.235. The van der Waals surface area contributed by atoms with Crippen LogP contribution in [0.15, 0.2) is 22.7 Å². The van der Waals surface area contributed by atoms with Gasteiger partial charge in [-0.25, -0.2) is 4.79 Å². The number of anilines is 1. The van der Waals surface area contributed by atoms with Gasteiger partial charge in [0, 0.05) is 23.2 Å². The minimum Gasteiger partial charge on any atom is -0.444 e. The number of rotatable bonds is 2. The summed E-state index contributed by atoms with van der Waals surface area (Å²) < 4.78 is 6.38. The van der Waals surface area contributed by atoms with E-state index in [1.165, 1.54) is 5.56 Å². The number of hydrogen-bond acceptors (Lipinski definition) is 3. The van der Waals surface area contributed by atoms with Crippen molar-refractivity contribution in [2.45, 2.75) is 39.3 Å². The Labute approximate surface area is 128 Å². The molecule has 0 unspecified atom stereocenters. The molecule has 0 saturated carbocycles. The molecule has 110 valence electrons. The molecular formula is C15H21BrN2O2. The third kappa shape index (κ3) is 3.88. The van der Waals surface area contributed by atoms with Crippen LogP contribution in [-0.4, -0.2) is 35.7 Å². The summed E-state index contributed by atoms with van der Waals surface area (Å²) in [6.45, 7) is 9.07. The van der Waals surface area contributed by atoms with Crippen molar-refractivity contribution in [1.82, 2.24) is 4.90 Å². The Morgan fingerprint density at radius 2 is 2.05 bits per heavy atom. The first-order chi connectivity index (χ1) is 9.24. The van der Waals surface area contributed by atoms with E-state index in [9.17, 15) is 4.79 Å². The van der Waals surface area contributed by atoms with Crippen LogP contribution in [0.25, 0.3) is 0 Å². The van der Waals surface area contributed by atoms with Gasteiger partial charge in [0.05, 0.1) is 6.04 Å². The molecule has 1 aromatic carbocycles. The lowest BCUT2D eigenvalue weighted by Crippen LogP contribution is -2.58. The molecular weight excluding hydrogens is 320 g/mol. The highest BCUT2D eigenvalue weighted by atomic mass is 79.9. The molecule has 1 N–H and O–H groups in total. The Morgan fingerprint density at radius 1 is 1.40 bits per heavy atom. The lowest BCUT2D eigenvalue weighted by atomic mass is 10.1. The molecule has 1 aliphatic heterocycles. The molecule has 1 saturated heterocycles. The molecule has 0 aliphatic carbocycles. The molecule has 1 aliphatic rings. The zero-order chi connectivity index (χ0) is 14.9. The Hall–Kier alpha value is -1.23. The van der Waals surface area contributed by atoms with E-state index in [1.54, 1.807) is 4.90 Å². The standard InChI is InChI=1S/C15H21BrN2O2/c1-10-5-6-11(16)7-13(10)17-12-8-18(9-12)14(19)20-15(2,3)4/h5-7,12,17H,8-9H2,1-4H3. The van der Waals surface area contributed by atoms with Gasteiger partial charge in [-0.2, -0.15) is 0 Å². The summed E-state index contributed by atoms with van der Waals surface area (Å²) in [7, 11) is 0. The molecule has 1 amide bonds. The van der Waals surface area contributed by atoms with Gasteiger partial charge in [-0.3, -0.25) is 0 Å². The van der Waals surface area contributed by atoms with E-state index in [1.807, 2.05) is 26.8 Å². The monoisotopic (exact) mass is 340 g/mol. The summed E-state index contributed by atoms with van der Waals surface area (Å²) >= 11 is 3.47. The lowest BCUT2D eigenvalue weighted by molar-refractivity contribution is 0.0105. The predicted octanol–water partition coefficient (Wildman–Crippen LogP) is 3.79. The number of carbonyl (C=O) groups is 1. The number of halogens is 1. The summed E-state index contributed by atoms with van der Waals surface area (Å²) in [5, 5.41) is 3.46. The fourth-order valence-corrected chi connectivity index (χ4v) is 2.38. The fraction of sp³-hybridized carbons (Fsp3) is 0.533. The minimum atomic E-state index is -0.434. The van der Waals surface area contributed by atoms with Gasteiger partial charge in [0.15, 0.2) is 0 Å². The molecule has 0 aromatic heterocycles. The Kier molecular flexibility index (Phi) is 4.28. The highest BCUT2D eigenvalue weighted by Gasteiger charge is 2.33. The normalized spacial score (nSPS) is 15.8. The van der Waals surface area contributed by atoms with E-state index in [0.717, 1.165) is 10.2 Å². The smallest absolute Gasteiger partial charge is 0.410 e.